The number of nitrogens with one attached hydrogen (secondary N) is 2. The van der Waals surface area contributed by atoms with Crippen LogP contribution < -0.4 is 21.1 Å². The second kappa shape index (κ2) is 11.5. The number of nitrogens with two attached hydrogens (primary N) is 1. The van der Waals surface area contributed by atoms with Gasteiger partial charge in [0.05, 0.1) is 7.11 Å². The highest BCUT2D eigenvalue weighted by atomic mass is 19.1. The molecule has 1 heterocycles. The van der Waals surface area contributed by atoms with Crippen LogP contribution in [0.1, 0.15) is 21.5 Å². The maximum absolute atomic E-state index is 13.8. The van der Waals surface area contributed by atoms with Gasteiger partial charge in [0, 0.05) is 37.4 Å². The van der Waals surface area contributed by atoms with Gasteiger partial charge in [0.25, 0.3) is 11.8 Å². The molecular formula is C27H28FN5O4. The summed E-state index contributed by atoms with van der Waals surface area (Å²) in [7, 11) is 1.54. The van der Waals surface area contributed by atoms with E-state index in [0.717, 1.165) is 17.2 Å². The average Bonchev–Trinajstić information content (AvgIpc) is 3.37. The Hall–Kier alpha value is -4.44. The number of carbonyl (C=O) groups excluding carboxylic acids is 3. The molecule has 0 aromatic heterocycles. The minimum absolute atomic E-state index is 0.0888. The van der Waals surface area contributed by atoms with E-state index in [0.29, 0.717) is 18.0 Å². The van der Waals surface area contributed by atoms with Gasteiger partial charge in [-0.05, 0) is 53.6 Å². The maximum Gasteiger partial charge on any atom is 0.323 e. The molecule has 0 spiro atoms. The third kappa shape index (κ3) is 6.04. The SMILES string of the molecule is COc1ccc(NC(=O)N2CCN(C(=O)c3cccc(F)c3)C2C(=O)NCc2cccc(CN)c2)cc1. The minimum atomic E-state index is -1.23. The summed E-state index contributed by atoms with van der Waals surface area (Å²) >= 11 is 0. The number of nitrogens with zero attached hydrogens (tertiary/aromatic N) is 2. The Balaban J connectivity index is 1.55. The normalized spacial score (nSPS) is 14.8. The summed E-state index contributed by atoms with van der Waals surface area (Å²) in [6, 6.07) is 18.8. The summed E-state index contributed by atoms with van der Waals surface area (Å²) in [5.41, 5.74) is 8.03. The largest absolute Gasteiger partial charge is 0.497 e. The third-order valence-electron chi connectivity index (χ3n) is 6.04. The first-order valence-electron chi connectivity index (χ1n) is 11.7. The molecule has 37 heavy (non-hydrogen) atoms. The molecule has 1 fully saturated rings. The van der Waals surface area contributed by atoms with Gasteiger partial charge in [0.15, 0.2) is 6.17 Å². The smallest absolute Gasteiger partial charge is 0.323 e. The van der Waals surface area contributed by atoms with Crippen LogP contribution in [0.2, 0.25) is 0 Å². The molecule has 4 N–H and O–H groups in total. The van der Waals surface area contributed by atoms with E-state index in [2.05, 4.69) is 10.6 Å². The van der Waals surface area contributed by atoms with Gasteiger partial charge in [-0.2, -0.15) is 0 Å². The predicted octanol–water partition coefficient (Wildman–Crippen LogP) is 2.93. The lowest BCUT2D eigenvalue weighted by Gasteiger charge is -2.29. The quantitative estimate of drug-likeness (QED) is 0.457. The second-order valence-electron chi connectivity index (χ2n) is 8.48. The highest BCUT2D eigenvalue weighted by Crippen LogP contribution is 2.22. The van der Waals surface area contributed by atoms with Crippen LogP contribution in [0, 0.1) is 5.82 Å². The van der Waals surface area contributed by atoms with Crippen LogP contribution in [-0.2, 0) is 17.9 Å². The number of urea groups is 1. The van der Waals surface area contributed by atoms with Gasteiger partial charge in [-0.3, -0.25) is 14.5 Å². The number of anilines is 1. The Kier molecular flexibility index (Phi) is 7.99. The van der Waals surface area contributed by atoms with E-state index in [-0.39, 0.29) is 25.2 Å². The number of amides is 4. The highest BCUT2D eigenvalue weighted by Gasteiger charge is 2.43. The molecule has 1 aliphatic rings. The van der Waals surface area contributed by atoms with Crippen molar-refractivity contribution in [3.8, 4) is 5.75 Å². The van der Waals surface area contributed by atoms with Crippen molar-refractivity contribution in [2.45, 2.75) is 19.3 Å². The fraction of sp³-hybridized carbons (Fsp3) is 0.222. The standard InChI is InChI=1S/C27H28FN5O4/c1-37-23-10-8-22(9-11-23)31-27(36)33-13-12-32(26(35)20-6-3-7-21(28)15-20)25(33)24(34)30-17-19-5-2-4-18(14-19)16-29/h2-11,14-15,25H,12-13,16-17,29H2,1H3,(H,30,34)(H,31,36). The van der Waals surface area contributed by atoms with Crippen LogP contribution >= 0.6 is 0 Å². The Morgan fingerprint density at radius 1 is 0.973 bits per heavy atom. The lowest BCUT2D eigenvalue weighted by atomic mass is 10.1. The van der Waals surface area contributed by atoms with Crippen LogP contribution in [0.4, 0.5) is 14.9 Å². The monoisotopic (exact) mass is 505 g/mol. The van der Waals surface area contributed by atoms with E-state index >= 15 is 0 Å². The van der Waals surface area contributed by atoms with Crippen molar-refractivity contribution in [1.82, 2.24) is 15.1 Å². The van der Waals surface area contributed by atoms with Crippen LogP contribution in [0.25, 0.3) is 0 Å². The van der Waals surface area contributed by atoms with Crippen LogP contribution in [0.3, 0.4) is 0 Å². The van der Waals surface area contributed by atoms with E-state index in [1.807, 2.05) is 24.3 Å². The Bertz CT molecular complexity index is 1280. The fourth-order valence-corrected chi connectivity index (χ4v) is 4.14. The van der Waals surface area contributed by atoms with Crippen LogP contribution in [-0.4, -0.2) is 54.0 Å². The van der Waals surface area contributed by atoms with Crippen molar-refractivity contribution in [2.24, 2.45) is 5.73 Å². The number of ether oxygens (including phenoxy) is 1. The number of rotatable bonds is 7. The highest BCUT2D eigenvalue weighted by molar-refractivity contribution is 6.00. The molecule has 3 aromatic carbocycles. The minimum Gasteiger partial charge on any atom is -0.497 e. The first-order valence-corrected chi connectivity index (χ1v) is 11.7. The molecule has 192 valence electrons. The van der Waals surface area contributed by atoms with Crippen molar-refractivity contribution in [2.75, 3.05) is 25.5 Å². The number of hydrogen-bond donors (Lipinski definition) is 3. The molecule has 4 rings (SSSR count). The van der Waals surface area contributed by atoms with E-state index in [4.69, 9.17) is 10.5 Å². The van der Waals surface area contributed by atoms with Gasteiger partial charge in [0.2, 0.25) is 0 Å². The molecule has 10 heteroatoms. The van der Waals surface area contributed by atoms with Gasteiger partial charge in [0.1, 0.15) is 11.6 Å². The van der Waals surface area contributed by atoms with Gasteiger partial charge in [-0.15, -0.1) is 0 Å². The third-order valence-corrected chi connectivity index (χ3v) is 6.04. The lowest BCUT2D eigenvalue weighted by Crippen LogP contribution is -2.54. The fourth-order valence-electron chi connectivity index (χ4n) is 4.14. The number of carbonyl (C=O) groups is 3. The molecule has 3 aromatic rings. The molecule has 9 nitrogen and oxygen atoms in total. The van der Waals surface area contributed by atoms with Crippen LogP contribution in [0.5, 0.6) is 5.75 Å². The number of hydrogen-bond acceptors (Lipinski definition) is 5. The molecule has 4 amide bonds. The van der Waals surface area contributed by atoms with E-state index in [9.17, 15) is 18.8 Å². The van der Waals surface area contributed by atoms with E-state index < -0.39 is 29.8 Å². The lowest BCUT2D eigenvalue weighted by molar-refractivity contribution is -0.128. The van der Waals surface area contributed by atoms with Crippen molar-refractivity contribution >= 4 is 23.5 Å². The molecule has 0 aliphatic carbocycles. The first-order chi connectivity index (χ1) is 17.9. The Morgan fingerprint density at radius 2 is 1.68 bits per heavy atom. The Morgan fingerprint density at radius 3 is 2.38 bits per heavy atom. The molecule has 1 atom stereocenters. The van der Waals surface area contributed by atoms with Gasteiger partial charge in [-0.25, -0.2) is 9.18 Å². The Labute approximate surface area is 214 Å². The zero-order valence-electron chi connectivity index (χ0n) is 20.3. The van der Waals surface area contributed by atoms with Crippen molar-refractivity contribution in [3.05, 3.63) is 95.3 Å². The van der Waals surface area contributed by atoms with Crippen molar-refractivity contribution < 1.29 is 23.5 Å². The number of halogens is 1. The van der Waals surface area contributed by atoms with E-state index in [1.54, 1.807) is 24.3 Å². The maximum atomic E-state index is 13.8. The number of benzene rings is 3. The van der Waals surface area contributed by atoms with Crippen molar-refractivity contribution in [1.29, 1.82) is 0 Å². The summed E-state index contributed by atoms with van der Waals surface area (Å²) in [4.78, 5) is 42.4. The molecule has 1 aliphatic heterocycles. The van der Waals surface area contributed by atoms with Gasteiger partial charge >= 0.3 is 6.03 Å². The summed E-state index contributed by atoms with van der Waals surface area (Å²) in [6.07, 6.45) is -1.23. The summed E-state index contributed by atoms with van der Waals surface area (Å²) < 4.78 is 18.9. The summed E-state index contributed by atoms with van der Waals surface area (Å²) in [5, 5.41) is 5.57. The summed E-state index contributed by atoms with van der Waals surface area (Å²) in [6.45, 7) is 0.759. The molecular weight excluding hydrogens is 477 g/mol. The molecule has 0 bridgehead atoms. The molecule has 1 unspecified atom stereocenters. The zero-order valence-corrected chi connectivity index (χ0v) is 20.3. The predicted molar refractivity (Wildman–Crippen MR) is 136 cm³/mol. The molecule has 1 saturated heterocycles. The van der Waals surface area contributed by atoms with Crippen LogP contribution in [0.15, 0.2) is 72.8 Å². The number of methoxy groups -OCH3 is 1. The molecule has 0 radical (unpaired) electrons. The van der Waals surface area contributed by atoms with Gasteiger partial charge < -0.3 is 26.0 Å². The summed E-state index contributed by atoms with van der Waals surface area (Å²) in [5.74, 6) is -1.03. The average molecular weight is 506 g/mol. The van der Waals surface area contributed by atoms with Crippen molar-refractivity contribution in [3.63, 3.8) is 0 Å². The first kappa shape index (κ1) is 25.6. The van der Waals surface area contributed by atoms with Gasteiger partial charge in [-0.1, -0.05) is 30.3 Å². The topological polar surface area (TPSA) is 117 Å². The second-order valence-corrected chi connectivity index (χ2v) is 8.48. The van der Waals surface area contributed by atoms with E-state index in [1.165, 1.54) is 35.1 Å². The molecule has 0 saturated carbocycles. The zero-order chi connectivity index (χ0) is 26.4.